The second-order valence-electron chi connectivity index (χ2n) is 3.98. The Labute approximate surface area is 102 Å². The molecule has 0 bridgehead atoms. The van der Waals surface area contributed by atoms with Crippen LogP contribution in [0.5, 0.6) is 0 Å². The normalized spacial score (nSPS) is 13.4. The maximum absolute atomic E-state index is 11.9. The molecule has 0 saturated heterocycles. The van der Waals surface area contributed by atoms with Crippen molar-refractivity contribution in [3.63, 3.8) is 0 Å². The van der Waals surface area contributed by atoms with E-state index in [-0.39, 0.29) is 10.7 Å². The van der Waals surface area contributed by atoms with Crippen LogP contribution in [0.25, 0.3) is 0 Å². The Morgan fingerprint density at radius 3 is 2.29 bits per heavy atom. The fourth-order valence-electron chi connectivity index (χ4n) is 1.39. The highest BCUT2D eigenvalue weighted by Crippen LogP contribution is 2.10. The number of hydrogen-bond donors (Lipinski definition) is 1. The minimum absolute atomic E-state index is 0.124. The van der Waals surface area contributed by atoms with Crippen molar-refractivity contribution in [2.75, 3.05) is 0 Å². The van der Waals surface area contributed by atoms with Crippen molar-refractivity contribution >= 4 is 15.8 Å². The molecule has 0 radical (unpaired) electrons. The minimum atomic E-state index is -3.60. The summed E-state index contributed by atoms with van der Waals surface area (Å²) in [6.45, 7) is 5.14. The monoisotopic (exact) mass is 255 g/mol. The summed E-state index contributed by atoms with van der Waals surface area (Å²) in [4.78, 5) is 11.5. The molecular formula is C12H17NO3S. The number of aryl methyl sites for hydroxylation is 1. The predicted octanol–water partition coefficient (Wildman–Crippen LogP) is 1.64. The Bertz CT molecular complexity index is 491. The van der Waals surface area contributed by atoms with Crippen LogP contribution >= 0.6 is 0 Å². The SMILES string of the molecule is CCC(=O)[C@@H](C)NS(=O)(=O)c1ccc(C)cc1. The molecule has 1 atom stereocenters. The lowest BCUT2D eigenvalue weighted by molar-refractivity contribution is -0.119. The van der Waals surface area contributed by atoms with Gasteiger partial charge in [0.15, 0.2) is 0 Å². The molecule has 0 unspecified atom stereocenters. The Morgan fingerprint density at radius 2 is 1.82 bits per heavy atom. The molecule has 0 fully saturated rings. The maximum atomic E-state index is 11.9. The summed E-state index contributed by atoms with van der Waals surface area (Å²) in [7, 11) is -3.60. The van der Waals surface area contributed by atoms with Crippen LogP contribution in [-0.4, -0.2) is 20.2 Å². The highest BCUT2D eigenvalue weighted by molar-refractivity contribution is 7.89. The van der Waals surface area contributed by atoms with E-state index in [1.165, 1.54) is 12.1 Å². The first-order valence-electron chi connectivity index (χ1n) is 5.48. The standard InChI is InChI=1S/C12H17NO3S/c1-4-12(14)10(3)13-17(15,16)11-7-5-9(2)6-8-11/h5-8,10,13H,4H2,1-3H3/t10-/m1/s1. The van der Waals surface area contributed by atoms with Crippen LogP contribution in [0.3, 0.4) is 0 Å². The van der Waals surface area contributed by atoms with E-state index in [4.69, 9.17) is 0 Å². The number of carbonyl (C=O) groups is 1. The molecule has 0 aliphatic carbocycles. The summed E-state index contributed by atoms with van der Waals surface area (Å²) >= 11 is 0. The number of hydrogen-bond acceptors (Lipinski definition) is 3. The second-order valence-corrected chi connectivity index (χ2v) is 5.69. The van der Waals surface area contributed by atoms with Crippen molar-refractivity contribution in [3.8, 4) is 0 Å². The van der Waals surface area contributed by atoms with E-state index in [0.717, 1.165) is 5.56 Å². The summed E-state index contributed by atoms with van der Waals surface area (Å²) in [6.07, 6.45) is 0.317. The quantitative estimate of drug-likeness (QED) is 0.870. The van der Waals surface area contributed by atoms with Gasteiger partial charge in [0.2, 0.25) is 10.0 Å². The van der Waals surface area contributed by atoms with E-state index in [1.54, 1.807) is 26.0 Å². The molecule has 0 aliphatic heterocycles. The van der Waals surface area contributed by atoms with E-state index in [0.29, 0.717) is 6.42 Å². The molecule has 0 spiro atoms. The molecule has 1 rings (SSSR count). The third kappa shape index (κ3) is 3.64. The molecular weight excluding hydrogens is 238 g/mol. The van der Waals surface area contributed by atoms with Gasteiger partial charge < -0.3 is 0 Å². The highest BCUT2D eigenvalue weighted by Gasteiger charge is 2.20. The number of Topliss-reactive ketones (excluding diaryl/α,β-unsaturated/α-hetero) is 1. The number of benzene rings is 1. The van der Waals surface area contributed by atoms with E-state index in [1.807, 2.05) is 6.92 Å². The average Bonchev–Trinajstić information content (AvgIpc) is 2.27. The zero-order valence-electron chi connectivity index (χ0n) is 10.2. The molecule has 0 saturated carbocycles. The van der Waals surface area contributed by atoms with Gasteiger partial charge in [-0.05, 0) is 26.0 Å². The predicted molar refractivity (Wildman–Crippen MR) is 66.3 cm³/mol. The number of ketones is 1. The molecule has 4 nitrogen and oxygen atoms in total. The van der Waals surface area contributed by atoms with Crippen molar-refractivity contribution < 1.29 is 13.2 Å². The van der Waals surface area contributed by atoms with Crippen LogP contribution in [0, 0.1) is 6.92 Å². The maximum Gasteiger partial charge on any atom is 0.241 e. The van der Waals surface area contributed by atoms with Gasteiger partial charge in [-0.25, -0.2) is 13.1 Å². The van der Waals surface area contributed by atoms with Gasteiger partial charge in [-0.15, -0.1) is 0 Å². The molecule has 94 valence electrons. The molecule has 1 aromatic carbocycles. The van der Waals surface area contributed by atoms with Gasteiger partial charge in [-0.1, -0.05) is 24.6 Å². The highest BCUT2D eigenvalue weighted by atomic mass is 32.2. The number of nitrogens with one attached hydrogen (secondary N) is 1. The van der Waals surface area contributed by atoms with Crippen LogP contribution in [0.2, 0.25) is 0 Å². The summed E-state index contributed by atoms with van der Waals surface area (Å²) < 4.78 is 26.2. The van der Waals surface area contributed by atoms with Crippen molar-refractivity contribution in [2.45, 2.75) is 38.1 Å². The van der Waals surface area contributed by atoms with Crippen molar-refractivity contribution in [3.05, 3.63) is 29.8 Å². The fourth-order valence-corrected chi connectivity index (χ4v) is 2.62. The first-order chi connectivity index (χ1) is 7.86. The zero-order chi connectivity index (χ0) is 13.1. The van der Waals surface area contributed by atoms with Crippen molar-refractivity contribution in [1.82, 2.24) is 4.72 Å². The van der Waals surface area contributed by atoms with Gasteiger partial charge >= 0.3 is 0 Å². The largest absolute Gasteiger partial charge is 0.298 e. The Morgan fingerprint density at radius 1 is 1.29 bits per heavy atom. The molecule has 17 heavy (non-hydrogen) atoms. The van der Waals surface area contributed by atoms with Crippen LogP contribution in [-0.2, 0) is 14.8 Å². The summed E-state index contributed by atoms with van der Waals surface area (Å²) in [5.74, 6) is -0.124. The van der Waals surface area contributed by atoms with E-state index in [9.17, 15) is 13.2 Å². The van der Waals surface area contributed by atoms with Crippen molar-refractivity contribution in [1.29, 1.82) is 0 Å². The van der Waals surface area contributed by atoms with Gasteiger partial charge in [0.1, 0.15) is 5.78 Å². The van der Waals surface area contributed by atoms with Crippen LogP contribution in [0.15, 0.2) is 29.2 Å². The molecule has 1 N–H and O–H groups in total. The number of rotatable bonds is 5. The third-order valence-corrected chi connectivity index (χ3v) is 4.05. The van der Waals surface area contributed by atoms with E-state index < -0.39 is 16.1 Å². The molecule has 0 heterocycles. The van der Waals surface area contributed by atoms with Gasteiger partial charge in [0.05, 0.1) is 10.9 Å². The summed E-state index contributed by atoms with van der Waals surface area (Å²) in [6, 6.07) is 5.81. The van der Waals surface area contributed by atoms with E-state index in [2.05, 4.69) is 4.72 Å². The van der Waals surface area contributed by atoms with Crippen LogP contribution in [0.4, 0.5) is 0 Å². The van der Waals surface area contributed by atoms with E-state index >= 15 is 0 Å². The smallest absolute Gasteiger partial charge is 0.241 e. The van der Waals surface area contributed by atoms with Gasteiger partial charge in [-0.2, -0.15) is 0 Å². The lowest BCUT2D eigenvalue weighted by Gasteiger charge is -2.12. The first kappa shape index (κ1) is 13.9. The fraction of sp³-hybridized carbons (Fsp3) is 0.417. The van der Waals surface area contributed by atoms with Crippen molar-refractivity contribution in [2.24, 2.45) is 0 Å². The Balaban J connectivity index is 2.89. The van der Waals surface area contributed by atoms with Crippen LogP contribution in [0.1, 0.15) is 25.8 Å². The lowest BCUT2D eigenvalue weighted by atomic mass is 10.2. The first-order valence-corrected chi connectivity index (χ1v) is 6.97. The average molecular weight is 255 g/mol. The Hall–Kier alpha value is -1.20. The number of carbonyl (C=O) groups excluding carboxylic acids is 1. The minimum Gasteiger partial charge on any atom is -0.298 e. The molecule has 0 amide bonds. The molecule has 0 aromatic heterocycles. The van der Waals surface area contributed by atoms with Gasteiger partial charge in [0, 0.05) is 6.42 Å². The molecule has 0 aliphatic rings. The lowest BCUT2D eigenvalue weighted by Crippen LogP contribution is -2.38. The van der Waals surface area contributed by atoms with Gasteiger partial charge in [-0.3, -0.25) is 4.79 Å². The summed E-state index contributed by atoms with van der Waals surface area (Å²) in [5, 5.41) is 0. The Kier molecular flexibility index (Phi) is 4.42. The van der Waals surface area contributed by atoms with Crippen LogP contribution < -0.4 is 4.72 Å². The molecule has 5 heteroatoms. The second kappa shape index (κ2) is 5.42. The number of sulfonamides is 1. The third-order valence-electron chi connectivity index (χ3n) is 2.49. The molecule has 1 aromatic rings. The topological polar surface area (TPSA) is 63.2 Å². The zero-order valence-corrected chi connectivity index (χ0v) is 11.0. The summed E-state index contributed by atoms with van der Waals surface area (Å²) in [5.41, 5.74) is 0.988. The van der Waals surface area contributed by atoms with Gasteiger partial charge in [0.25, 0.3) is 0 Å².